The molecule has 1 N–H and O–H groups in total. The molecule has 0 radical (unpaired) electrons. The monoisotopic (exact) mass is 391 g/mol. The van der Waals surface area contributed by atoms with Gasteiger partial charge in [0.1, 0.15) is 0 Å². The lowest BCUT2D eigenvalue weighted by Crippen LogP contribution is -2.19. The normalized spacial score (nSPS) is 18.2. The molecule has 0 saturated carbocycles. The molecule has 1 saturated heterocycles. The minimum absolute atomic E-state index is 0.0129. The highest BCUT2D eigenvalue weighted by Gasteiger charge is 2.33. The van der Waals surface area contributed by atoms with Gasteiger partial charge < -0.3 is 4.74 Å². The molecule has 6 nitrogen and oxygen atoms in total. The van der Waals surface area contributed by atoms with Crippen LogP contribution >= 0.6 is 23.4 Å². The second-order valence-corrected chi connectivity index (χ2v) is 5.93. The molecular weight excluding hydrogens is 383 g/mol. The lowest BCUT2D eigenvalue weighted by molar-refractivity contribution is -0.137. The Labute approximate surface area is 148 Å². The molecule has 1 fully saturated rings. The molecular formula is C14H9ClF3N3O3S. The maximum atomic E-state index is 12.9. The van der Waals surface area contributed by atoms with Crippen molar-refractivity contribution in [2.24, 2.45) is 10.2 Å². The van der Waals surface area contributed by atoms with Crippen LogP contribution in [0.4, 0.5) is 13.2 Å². The molecule has 1 heterocycles. The molecule has 1 amide bonds. The number of benzene rings is 1. The molecule has 0 bridgehead atoms. The Morgan fingerprint density at radius 2 is 2.12 bits per heavy atom. The van der Waals surface area contributed by atoms with E-state index in [-0.39, 0.29) is 20.7 Å². The van der Waals surface area contributed by atoms with Crippen LogP contribution in [0.3, 0.4) is 0 Å². The van der Waals surface area contributed by atoms with Crippen molar-refractivity contribution >= 4 is 46.6 Å². The van der Waals surface area contributed by atoms with Crippen LogP contribution in [0.15, 0.2) is 39.4 Å². The highest BCUT2D eigenvalue weighted by atomic mass is 35.5. The fourth-order valence-electron chi connectivity index (χ4n) is 1.67. The Hall–Kier alpha value is -2.33. The number of nitrogens with one attached hydrogen (secondary N) is 1. The Balaban J connectivity index is 2.19. The van der Waals surface area contributed by atoms with Crippen LogP contribution in [0.2, 0.25) is 5.02 Å². The van der Waals surface area contributed by atoms with Gasteiger partial charge in [-0.25, -0.2) is 4.79 Å². The first-order valence-electron chi connectivity index (χ1n) is 6.47. The molecule has 1 aliphatic rings. The number of methoxy groups -OCH3 is 1. The molecule has 1 aromatic carbocycles. The van der Waals surface area contributed by atoms with E-state index in [2.05, 4.69) is 20.3 Å². The molecule has 0 aliphatic carbocycles. The van der Waals surface area contributed by atoms with Crippen LogP contribution in [0.5, 0.6) is 0 Å². The molecule has 1 aliphatic heterocycles. The number of halogens is 4. The van der Waals surface area contributed by atoms with Gasteiger partial charge in [-0.05, 0) is 23.9 Å². The van der Waals surface area contributed by atoms with Crippen LogP contribution in [0, 0.1) is 0 Å². The Bertz CT molecular complexity index is 806. The fourth-order valence-corrected chi connectivity index (χ4v) is 2.58. The van der Waals surface area contributed by atoms with Crippen molar-refractivity contribution in [3.8, 4) is 0 Å². The number of rotatable bonds is 3. The Morgan fingerprint density at radius 1 is 1.40 bits per heavy atom. The maximum absolute atomic E-state index is 12.9. The molecule has 25 heavy (non-hydrogen) atoms. The average molecular weight is 392 g/mol. The largest absolute Gasteiger partial charge is 0.466 e. The van der Waals surface area contributed by atoms with Crippen LogP contribution in [0.1, 0.15) is 11.1 Å². The second kappa shape index (κ2) is 7.70. The predicted molar refractivity (Wildman–Crippen MR) is 87.3 cm³/mol. The lowest BCUT2D eigenvalue weighted by atomic mass is 10.1. The van der Waals surface area contributed by atoms with Crippen LogP contribution < -0.4 is 5.32 Å². The third-order valence-electron chi connectivity index (χ3n) is 2.77. The van der Waals surface area contributed by atoms with E-state index >= 15 is 0 Å². The Morgan fingerprint density at radius 3 is 2.76 bits per heavy atom. The van der Waals surface area contributed by atoms with Crippen molar-refractivity contribution in [1.29, 1.82) is 0 Å². The first-order chi connectivity index (χ1) is 11.7. The quantitative estimate of drug-likeness (QED) is 0.372. The summed E-state index contributed by atoms with van der Waals surface area (Å²) in [5.41, 5.74) is -1.20. The summed E-state index contributed by atoms with van der Waals surface area (Å²) in [6, 6.07) is 3.21. The van der Waals surface area contributed by atoms with Gasteiger partial charge in [-0.1, -0.05) is 17.7 Å². The molecule has 0 spiro atoms. The Kier molecular flexibility index (Phi) is 5.85. The van der Waals surface area contributed by atoms with E-state index in [4.69, 9.17) is 11.6 Å². The number of hydrogen-bond donors (Lipinski definition) is 1. The highest BCUT2D eigenvalue weighted by Crippen LogP contribution is 2.33. The van der Waals surface area contributed by atoms with Crippen molar-refractivity contribution in [2.75, 3.05) is 7.11 Å². The zero-order chi connectivity index (χ0) is 18.6. The van der Waals surface area contributed by atoms with Gasteiger partial charge in [-0.15, -0.1) is 5.10 Å². The van der Waals surface area contributed by atoms with Crippen molar-refractivity contribution in [3.05, 3.63) is 45.3 Å². The highest BCUT2D eigenvalue weighted by molar-refractivity contribution is 8.18. The molecule has 132 valence electrons. The standard InChI is InChI=1S/C14H9ClF3N3O3S/c1-24-11(22)5-10-12(23)20-13(25-10)21-19-6-7-2-3-8(15)4-9(7)14(16,17)18/h2-6H,1H3,(H,20,21,23)/b10-5+,19-6?. The topological polar surface area (TPSA) is 80.1 Å². The van der Waals surface area contributed by atoms with Gasteiger partial charge in [0.2, 0.25) is 0 Å². The molecule has 0 aromatic heterocycles. The molecule has 1 aromatic rings. The smallest absolute Gasteiger partial charge is 0.417 e. The third kappa shape index (κ3) is 5.07. The summed E-state index contributed by atoms with van der Waals surface area (Å²) in [6.07, 6.45) is -2.75. The maximum Gasteiger partial charge on any atom is 0.417 e. The van der Waals surface area contributed by atoms with Gasteiger partial charge in [0.05, 0.1) is 23.8 Å². The van der Waals surface area contributed by atoms with Gasteiger partial charge >= 0.3 is 12.1 Å². The summed E-state index contributed by atoms with van der Waals surface area (Å²) in [7, 11) is 1.15. The lowest BCUT2D eigenvalue weighted by Gasteiger charge is -2.09. The van der Waals surface area contributed by atoms with E-state index in [1.807, 2.05) is 0 Å². The first-order valence-corrected chi connectivity index (χ1v) is 7.67. The molecule has 11 heteroatoms. The zero-order valence-electron chi connectivity index (χ0n) is 12.4. The van der Waals surface area contributed by atoms with Crippen LogP contribution in [0.25, 0.3) is 0 Å². The second-order valence-electron chi connectivity index (χ2n) is 4.47. The van der Waals surface area contributed by atoms with Crippen molar-refractivity contribution in [1.82, 2.24) is 5.32 Å². The van der Waals surface area contributed by atoms with E-state index in [9.17, 15) is 22.8 Å². The van der Waals surface area contributed by atoms with Gasteiger partial charge in [0.15, 0.2) is 5.17 Å². The van der Waals surface area contributed by atoms with E-state index in [0.29, 0.717) is 0 Å². The first kappa shape index (κ1) is 19.0. The molecule has 0 atom stereocenters. The SMILES string of the molecule is COC(=O)/C=C1/S/C(=N\N=Cc2ccc(Cl)cc2C(F)(F)F)NC1=O. The minimum atomic E-state index is -4.61. The van der Waals surface area contributed by atoms with E-state index in [0.717, 1.165) is 43.3 Å². The number of amides is 1. The van der Waals surface area contributed by atoms with Crippen LogP contribution in [-0.4, -0.2) is 30.4 Å². The molecule has 2 rings (SSSR count). The van der Waals surface area contributed by atoms with Gasteiger partial charge in [-0.3, -0.25) is 10.1 Å². The van der Waals surface area contributed by atoms with Gasteiger partial charge in [0, 0.05) is 16.7 Å². The number of nitrogens with zero attached hydrogens (tertiary/aromatic N) is 2. The summed E-state index contributed by atoms with van der Waals surface area (Å²) in [6.45, 7) is 0. The van der Waals surface area contributed by atoms with Crippen molar-refractivity contribution in [3.63, 3.8) is 0 Å². The minimum Gasteiger partial charge on any atom is -0.466 e. The van der Waals surface area contributed by atoms with E-state index in [1.54, 1.807) is 0 Å². The van der Waals surface area contributed by atoms with E-state index in [1.165, 1.54) is 6.07 Å². The summed E-state index contributed by atoms with van der Waals surface area (Å²) in [5, 5.41) is 9.42. The number of ether oxygens (including phenoxy) is 1. The van der Waals surface area contributed by atoms with Gasteiger partial charge in [-0.2, -0.15) is 18.3 Å². The van der Waals surface area contributed by atoms with Gasteiger partial charge in [0.25, 0.3) is 5.91 Å². The van der Waals surface area contributed by atoms with Crippen molar-refractivity contribution in [2.45, 2.75) is 6.18 Å². The number of carbonyl (C=O) groups is 2. The summed E-state index contributed by atoms with van der Waals surface area (Å²) in [4.78, 5) is 22.7. The average Bonchev–Trinajstić information content (AvgIpc) is 2.87. The number of esters is 1. The number of amidine groups is 1. The summed E-state index contributed by atoms with van der Waals surface area (Å²) >= 11 is 6.38. The predicted octanol–water partition coefficient (Wildman–Crippen LogP) is 2.97. The summed E-state index contributed by atoms with van der Waals surface area (Å²) < 4.78 is 43.2. The third-order valence-corrected chi connectivity index (χ3v) is 3.90. The van der Waals surface area contributed by atoms with Crippen LogP contribution in [-0.2, 0) is 20.5 Å². The number of thioether (sulfide) groups is 1. The number of alkyl halides is 3. The van der Waals surface area contributed by atoms with E-state index < -0.39 is 23.6 Å². The number of carbonyl (C=O) groups excluding carboxylic acids is 2. The zero-order valence-corrected chi connectivity index (χ0v) is 14.0. The summed E-state index contributed by atoms with van der Waals surface area (Å²) in [5.74, 6) is -1.31. The van der Waals surface area contributed by atoms with Crippen molar-refractivity contribution < 1.29 is 27.5 Å². The fraction of sp³-hybridized carbons (Fsp3) is 0.143. The number of hydrogen-bond acceptors (Lipinski definition) is 6. The molecule has 0 unspecified atom stereocenters.